The Labute approximate surface area is 212 Å². The van der Waals surface area contributed by atoms with Crippen LogP contribution in [0.1, 0.15) is 35.9 Å². The molecule has 0 saturated carbocycles. The summed E-state index contributed by atoms with van der Waals surface area (Å²) in [7, 11) is -4.11. The molecule has 5 N–H and O–H groups in total. The number of nitrogens with two attached hydrogens (primary N) is 1. The van der Waals surface area contributed by atoms with Crippen LogP contribution in [0.3, 0.4) is 0 Å². The molecule has 0 aliphatic carbocycles. The molecule has 0 spiro atoms. The van der Waals surface area contributed by atoms with Gasteiger partial charge in [0, 0.05) is 18.2 Å². The lowest BCUT2D eigenvalue weighted by molar-refractivity contribution is -0.149. The zero-order valence-corrected chi connectivity index (χ0v) is 21.1. The highest BCUT2D eigenvalue weighted by Gasteiger charge is 2.35. The summed E-state index contributed by atoms with van der Waals surface area (Å²) < 4.78 is 27.8. The number of nitrogens with zero attached hydrogens (tertiary/aromatic N) is 1. The molecular weight excluding hydrogens is 522 g/mol. The third-order valence-corrected chi connectivity index (χ3v) is 7.08. The number of aromatic carboxylic acids is 1. The molecule has 1 aromatic carbocycles. The first-order chi connectivity index (χ1) is 16.4. The van der Waals surface area contributed by atoms with E-state index in [-0.39, 0.29) is 34.6 Å². The Morgan fingerprint density at radius 1 is 1.34 bits per heavy atom. The van der Waals surface area contributed by atoms with Gasteiger partial charge in [0.05, 0.1) is 29.1 Å². The molecule has 1 saturated heterocycles. The number of carboxylic acid groups (broad SMARTS) is 2. The molecule has 1 aromatic heterocycles. The third kappa shape index (κ3) is 7.62. The maximum Gasteiger partial charge on any atom is 0.337 e. The van der Waals surface area contributed by atoms with Gasteiger partial charge in [-0.15, -0.1) is 0 Å². The van der Waals surface area contributed by atoms with Crippen LogP contribution in [0, 0.1) is 5.92 Å². The van der Waals surface area contributed by atoms with Gasteiger partial charge in [-0.05, 0) is 37.1 Å². The van der Waals surface area contributed by atoms with Crippen molar-refractivity contribution in [1.29, 1.82) is 0 Å². The minimum atomic E-state index is -4.11. The van der Waals surface area contributed by atoms with E-state index >= 15 is 0 Å². The fourth-order valence-corrected chi connectivity index (χ4v) is 4.59. The van der Waals surface area contributed by atoms with E-state index in [0.29, 0.717) is 24.5 Å². The maximum atomic E-state index is 11.7. The quantitative estimate of drug-likeness (QED) is 0.310. The van der Waals surface area contributed by atoms with E-state index in [1.165, 1.54) is 17.2 Å². The summed E-state index contributed by atoms with van der Waals surface area (Å²) in [5.74, 6) is -1.45. The molecular formula is C21H26ClN3O8S2. The van der Waals surface area contributed by atoms with E-state index in [1.54, 1.807) is 19.1 Å². The number of likely N-dealkylation sites (tertiary alicyclic amines) is 1. The number of aliphatic carboxylic acids is 1. The summed E-state index contributed by atoms with van der Waals surface area (Å²) in [6.07, 6.45) is 2.83. The van der Waals surface area contributed by atoms with Crippen molar-refractivity contribution in [2.75, 3.05) is 17.6 Å². The monoisotopic (exact) mass is 547 g/mol. The number of nitrogens with one attached hydrogen (secondary N) is 1. The highest BCUT2D eigenvalue weighted by Crippen LogP contribution is 2.28. The molecule has 35 heavy (non-hydrogen) atoms. The average Bonchev–Trinajstić information content (AvgIpc) is 3.48. The van der Waals surface area contributed by atoms with Gasteiger partial charge in [-0.1, -0.05) is 18.5 Å². The standard InChI is InChI=1S/C12H11ClN2O5S.C9H15NO3S/c13-9-5-10(15-6-7-2-1-3-20-7)8(12(16)17)4-11(9)21(14,18)19;1-6(5-14)8(11)10-4-2-3-7(10)9(12)13/h1-5,15H,6H2,(H,16,17)(H2,14,18,19);6-7,14H,2-5H2,1H3,(H,12,13)/t;6-,7+/m.1/s1. The predicted molar refractivity (Wildman–Crippen MR) is 131 cm³/mol. The van der Waals surface area contributed by atoms with Crippen molar-refractivity contribution in [1.82, 2.24) is 4.90 Å². The molecule has 1 aliphatic heterocycles. The predicted octanol–water partition coefficient (Wildman–Crippen LogP) is 2.52. The number of halogens is 1. The third-order valence-electron chi connectivity index (χ3n) is 5.16. The molecule has 2 atom stereocenters. The molecule has 0 unspecified atom stereocenters. The van der Waals surface area contributed by atoms with Gasteiger partial charge in [0.25, 0.3) is 0 Å². The largest absolute Gasteiger partial charge is 0.480 e. The molecule has 3 rings (SSSR count). The summed E-state index contributed by atoms with van der Waals surface area (Å²) in [6.45, 7) is 2.55. The van der Waals surface area contributed by atoms with Crippen LogP contribution in [-0.2, 0) is 26.2 Å². The Morgan fingerprint density at radius 3 is 2.54 bits per heavy atom. The number of rotatable bonds is 8. The number of amides is 1. The maximum absolute atomic E-state index is 11.7. The van der Waals surface area contributed by atoms with Gasteiger partial charge in [0.15, 0.2) is 0 Å². The number of furan rings is 1. The second-order valence-corrected chi connectivity index (χ2v) is 10.0. The number of carboxylic acids is 2. The second-order valence-electron chi connectivity index (χ2n) is 7.72. The van der Waals surface area contributed by atoms with E-state index in [2.05, 4.69) is 17.9 Å². The molecule has 2 heterocycles. The van der Waals surface area contributed by atoms with Crippen molar-refractivity contribution in [3.8, 4) is 0 Å². The molecule has 11 nitrogen and oxygen atoms in total. The van der Waals surface area contributed by atoms with Gasteiger partial charge in [0.2, 0.25) is 15.9 Å². The van der Waals surface area contributed by atoms with Crippen molar-refractivity contribution in [2.45, 2.75) is 37.2 Å². The average molecular weight is 548 g/mol. The summed E-state index contributed by atoms with van der Waals surface area (Å²) in [4.78, 5) is 34.8. The van der Waals surface area contributed by atoms with Gasteiger partial charge in [-0.25, -0.2) is 23.1 Å². The van der Waals surface area contributed by atoms with Crippen molar-refractivity contribution in [3.63, 3.8) is 0 Å². The first-order valence-electron chi connectivity index (χ1n) is 10.4. The lowest BCUT2D eigenvalue weighted by Crippen LogP contribution is -2.43. The van der Waals surface area contributed by atoms with E-state index in [1.807, 2.05) is 0 Å². The zero-order chi connectivity index (χ0) is 26.3. The van der Waals surface area contributed by atoms with Gasteiger partial charge in [-0.2, -0.15) is 12.6 Å². The van der Waals surface area contributed by atoms with E-state index in [4.69, 9.17) is 31.4 Å². The van der Waals surface area contributed by atoms with E-state index in [0.717, 1.165) is 12.5 Å². The SMILES string of the molecule is C[C@H](CS)C(=O)N1CCC[C@H]1C(=O)O.NS(=O)(=O)c1cc(C(=O)O)c(NCc2ccco2)cc1Cl. The van der Waals surface area contributed by atoms with Crippen molar-refractivity contribution < 1.29 is 37.4 Å². The smallest absolute Gasteiger partial charge is 0.337 e. The first-order valence-corrected chi connectivity index (χ1v) is 12.9. The lowest BCUT2D eigenvalue weighted by atomic mass is 10.1. The summed E-state index contributed by atoms with van der Waals surface area (Å²) >= 11 is 9.87. The lowest BCUT2D eigenvalue weighted by Gasteiger charge is -2.24. The number of thiol groups is 1. The van der Waals surface area contributed by atoms with Crippen LogP contribution in [0.4, 0.5) is 5.69 Å². The van der Waals surface area contributed by atoms with Crippen LogP contribution in [0.5, 0.6) is 0 Å². The number of anilines is 1. The van der Waals surface area contributed by atoms with Crippen LogP contribution in [0.25, 0.3) is 0 Å². The van der Waals surface area contributed by atoms with Crippen LogP contribution in [-0.4, -0.2) is 59.7 Å². The Morgan fingerprint density at radius 2 is 2.03 bits per heavy atom. The highest BCUT2D eigenvalue weighted by molar-refractivity contribution is 7.89. The molecule has 1 aliphatic rings. The van der Waals surface area contributed by atoms with Crippen LogP contribution in [0.15, 0.2) is 39.8 Å². The number of sulfonamides is 1. The highest BCUT2D eigenvalue weighted by atomic mass is 35.5. The van der Waals surface area contributed by atoms with Gasteiger partial charge < -0.3 is 24.8 Å². The Hall–Kier alpha value is -2.74. The van der Waals surface area contributed by atoms with Crippen LogP contribution < -0.4 is 10.5 Å². The number of benzene rings is 1. The Balaban J connectivity index is 0.000000269. The summed E-state index contributed by atoms with van der Waals surface area (Å²) in [5.41, 5.74) is -0.0914. The number of carbonyl (C=O) groups excluding carboxylic acids is 1. The molecule has 1 fully saturated rings. The van der Waals surface area contributed by atoms with Gasteiger partial charge in [0.1, 0.15) is 16.7 Å². The van der Waals surface area contributed by atoms with Gasteiger partial charge in [-0.3, -0.25) is 4.79 Å². The van der Waals surface area contributed by atoms with Crippen molar-refractivity contribution >= 4 is 57.8 Å². The summed E-state index contributed by atoms with van der Waals surface area (Å²) in [6, 6.07) is 4.89. The first kappa shape index (κ1) is 28.5. The molecule has 192 valence electrons. The zero-order valence-electron chi connectivity index (χ0n) is 18.7. The number of hydrogen-bond acceptors (Lipinski definition) is 8. The number of hydrogen-bond donors (Lipinski definition) is 5. The fourth-order valence-electron chi connectivity index (χ4n) is 3.34. The van der Waals surface area contributed by atoms with Crippen LogP contribution >= 0.6 is 24.2 Å². The van der Waals surface area contributed by atoms with E-state index in [9.17, 15) is 22.8 Å². The second kappa shape index (κ2) is 12.3. The topological polar surface area (TPSA) is 180 Å². The minimum absolute atomic E-state index is 0.0927. The van der Waals surface area contributed by atoms with Crippen LogP contribution in [0.2, 0.25) is 5.02 Å². The molecule has 14 heteroatoms. The van der Waals surface area contributed by atoms with Crippen molar-refractivity contribution in [3.05, 3.63) is 46.9 Å². The van der Waals surface area contributed by atoms with Gasteiger partial charge >= 0.3 is 11.9 Å². The molecule has 1 amide bonds. The Kier molecular flexibility index (Phi) is 10.0. The number of primary sulfonamides is 1. The minimum Gasteiger partial charge on any atom is -0.480 e. The summed E-state index contributed by atoms with van der Waals surface area (Å²) in [5, 5.41) is 25.7. The normalized spacial score (nSPS) is 16.2. The molecule has 0 bridgehead atoms. The number of carbonyl (C=O) groups is 3. The fraction of sp³-hybridized carbons (Fsp3) is 0.381. The molecule has 2 aromatic rings. The van der Waals surface area contributed by atoms with Crippen molar-refractivity contribution in [2.24, 2.45) is 11.1 Å². The van der Waals surface area contributed by atoms with E-state index < -0.39 is 32.9 Å². The molecule has 0 radical (unpaired) electrons. The Bertz CT molecular complexity index is 1170.